The van der Waals surface area contributed by atoms with Gasteiger partial charge < -0.3 is 9.15 Å². The van der Waals surface area contributed by atoms with Gasteiger partial charge in [-0.05, 0) is 49.2 Å². The van der Waals surface area contributed by atoms with E-state index in [1.54, 1.807) is 0 Å². The minimum absolute atomic E-state index is 0.0216. The molecule has 0 N–H and O–H groups in total. The first-order chi connectivity index (χ1) is 16.2. The molecule has 2 heterocycles. The molecule has 1 atom stereocenters. The molecule has 1 aliphatic rings. The van der Waals surface area contributed by atoms with E-state index in [2.05, 4.69) is 10.2 Å². The van der Waals surface area contributed by atoms with Crippen molar-refractivity contribution in [3.63, 3.8) is 0 Å². The first-order valence-corrected chi connectivity index (χ1v) is 11.7. The third-order valence-electron chi connectivity index (χ3n) is 5.30. The highest BCUT2D eigenvalue weighted by Gasteiger charge is 2.34. The van der Waals surface area contributed by atoms with Crippen LogP contribution < -0.4 is 0 Å². The van der Waals surface area contributed by atoms with Gasteiger partial charge in [0.05, 0.1) is 15.7 Å². The van der Waals surface area contributed by atoms with Crippen LogP contribution in [0.5, 0.6) is 0 Å². The monoisotopic (exact) mass is 490 g/mol. The molecule has 1 fully saturated rings. The summed E-state index contributed by atoms with van der Waals surface area (Å²) in [5.74, 6) is -1.70. The van der Waals surface area contributed by atoms with E-state index in [9.17, 15) is 27.7 Å². The molecule has 0 aliphatic carbocycles. The van der Waals surface area contributed by atoms with Crippen LogP contribution in [0.15, 0.2) is 57.8 Å². The van der Waals surface area contributed by atoms with Crippen molar-refractivity contribution in [2.75, 3.05) is 13.1 Å². The second kappa shape index (κ2) is 9.65. The lowest BCUT2D eigenvalue weighted by molar-refractivity contribution is -0.384. The maximum Gasteiger partial charge on any atom is 0.310 e. The van der Waals surface area contributed by atoms with Crippen LogP contribution in [0.2, 0.25) is 0 Å². The van der Waals surface area contributed by atoms with Crippen LogP contribution in [-0.4, -0.2) is 46.9 Å². The van der Waals surface area contributed by atoms with Crippen molar-refractivity contribution in [3.8, 4) is 11.5 Å². The summed E-state index contributed by atoms with van der Waals surface area (Å²) in [5, 5.41) is 18.4. The zero-order chi connectivity index (χ0) is 24.3. The lowest BCUT2D eigenvalue weighted by Gasteiger charge is -2.30. The normalized spacial score (nSPS) is 16.8. The van der Waals surface area contributed by atoms with Gasteiger partial charge in [-0.1, -0.05) is 0 Å². The number of nitrogens with zero attached hydrogens (tertiary/aromatic N) is 4. The van der Waals surface area contributed by atoms with Gasteiger partial charge in [0.15, 0.2) is 6.61 Å². The molecule has 0 bridgehead atoms. The number of nitro groups is 1. The predicted octanol–water partition coefficient (Wildman–Crippen LogP) is 2.93. The molecule has 1 unspecified atom stereocenters. The number of non-ortho nitro benzene ring substituents is 1. The summed E-state index contributed by atoms with van der Waals surface area (Å²) in [6.07, 6.45) is 0.914. The van der Waals surface area contributed by atoms with E-state index in [-0.39, 0.29) is 42.1 Å². The Kier molecular flexibility index (Phi) is 6.65. The minimum atomic E-state index is -3.87. The molecule has 0 spiro atoms. The Morgan fingerprint density at radius 2 is 1.88 bits per heavy atom. The average molecular weight is 490 g/mol. The summed E-state index contributed by atoms with van der Waals surface area (Å²) in [4.78, 5) is 22.7. The number of nitro benzene ring substituents is 1. The maximum atomic E-state index is 13.1. The molecule has 1 saturated heterocycles. The number of esters is 1. The number of carbonyl (C=O) groups is 1. The second-order valence-electron chi connectivity index (χ2n) is 7.57. The number of halogens is 1. The Morgan fingerprint density at radius 1 is 1.18 bits per heavy atom. The highest BCUT2D eigenvalue weighted by atomic mass is 32.2. The summed E-state index contributed by atoms with van der Waals surface area (Å²) >= 11 is 0. The van der Waals surface area contributed by atoms with Crippen molar-refractivity contribution in [1.82, 2.24) is 14.5 Å². The Labute approximate surface area is 193 Å². The van der Waals surface area contributed by atoms with Crippen LogP contribution in [0, 0.1) is 21.8 Å². The molecule has 0 amide bonds. The maximum absolute atomic E-state index is 13.1. The number of rotatable bonds is 7. The van der Waals surface area contributed by atoms with Gasteiger partial charge in [0, 0.05) is 30.8 Å². The molecule has 1 aliphatic heterocycles. The summed E-state index contributed by atoms with van der Waals surface area (Å²) < 4.78 is 50.7. The minimum Gasteiger partial charge on any atom is -0.455 e. The lowest BCUT2D eigenvalue weighted by atomic mass is 10.0. The van der Waals surface area contributed by atoms with Crippen LogP contribution in [0.1, 0.15) is 18.7 Å². The van der Waals surface area contributed by atoms with Gasteiger partial charge in [0.2, 0.25) is 15.9 Å². The third kappa shape index (κ3) is 5.10. The summed E-state index contributed by atoms with van der Waals surface area (Å²) in [5.41, 5.74) is 0.380. The number of piperidine rings is 1. The first-order valence-electron chi connectivity index (χ1n) is 10.2. The zero-order valence-corrected chi connectivity index (χ0v) is 18.5. The van der Waals surface area contributed by atoms with E-state index in [1.807, 2.05) is 0 Å². The van der Waals surface area contributed by atoms with Crippen LogP contribution >= 0.6 is 0 Å². The number of ether oxygens (including phenoxy) is 1. The van der Waals surface area contributed by atoms with E-state index < -0.39 is 32.7 Å². The Bertz CT molecular complexity index is 1290. The van der Waals surface area contributed by atoms with Gasteiger partial charge in [-0.2, -0.15) is 4.31 Å². The summed E-state index contributed by atoms with van der Waals surface area (Å²) in [6, 6.07) is 10.0. The SMILES string of the molecule is O=C(OCc1nnc(-c2ccc([N+](=O)[O-])cc2)o1)C1CCCN(S(=O)(=O)c2ccc(F)cc2)C1. The summed E-state index contributed by atoms with van der Waals surface area (Å²) in [6.45, 7) is -0.123. The molecule has 0 saturated carbocycles. The molecular formula is C21H19FN4O7S. The van der Waals surface area contributed by atoms with E-state index in [0.717, 1.165) is 12.1 Å². The van der Waals surface area contributed by atoms with E-state index >= 15 is 0 Å². The van der Waals surface area contributed by atoms with Crippen molar-refractivity contribution in [2.24, 2.45) is 5.92 Å². The van der Waals surface area contributed by atoms with Crippen LogP contribution in [0.25, 0.3) is 11.5 Å². The number of aromatic nitrogens is 2. The fraction of sp³-hybridized carbons (Fsp3) is 0.286. The number of hydrogen-bond acceptors (Lipinski definition) is 9. The van der Waals surface area contributed by atoms with Crippen molar-refractivity contribution in [3.05, 3.63) is 70.4 Å². The molecule has 11 nitrogen and oxygen atoms in total. The number of hydrogen-bond donors (Lipinski definition) is 0. The highest BCUT2D eigenvalue weighted by molar-refractivity contribution is 7.89. The molecule has 2 aromatic carbocycles. The molecular weight excluding hydrogens is 471 g/mol. The standard InChI is InChI=1S/C21H19FN4O7S/c22-16-5-9-18(10-6-16)34(30,31)25-11-1-2-15(12-25)21(27)32-13-19-23-24-20(33-19)14-3-7-17(8-4-14)26(28)29/h3-10,15H,1-2,11-13H2. The van der Waals surface area contributed by atoms with Crippen LogP contribution in [0.3, 0.4) is 0 Å². The van der Waals surface area contributed by atoms with E-state index in [4.69, 9.17) is 9.15 Å². The van der Waals surface area contributed by atoms with E-state index in [1.165, 1.54) is 40.7 Å². The van der Waals surface area contributed by atoms with Gasteiger partial charge in [0.25, 0.3) is 11.6 Å². The number of carbonyl (C=O) groups excluding carboxylic acids is 1. The molecule has 13 heteroatoms. The van der Waals surface area contributed by atoms with E-state index in [0.29, 0.717) is 18.4 Å². The Hall–Kier alpha value is -3.71. The topological polar surface area (TPSA) is 146 Å². The van der Waals surface area contributed by atoms with Gasteiger partial charge >= 0.3 is 5.97 Å². The lowest BCUT2D eigenvalue weighted by Crippen LogP contribution is -2.42. The predicted molar refractivity (Wildman–Crippen MR) is 114 cm³/mol. The largest absolute Gasteiger partial charge is 0.455 e. The molecule has 178 valence electrons. The van der Waals surface area contributed by atoms with Gasteiger partial charge in [-0.25, -0.2) is 12.8 Å². The number of sulfonamides is 1. The second-order valence-corrected chi connectivity index (χ2v) is 9.51. The average Bonchev–Trinajstić information content (AvgIpc) is 3.32. The quantitative estimate of drug-likeness (QED) is 0.277. The van der Waals surface area contributed by atoms with Crippen LogP contribution in [0.4, 0.5) is 10.1 Å². The Morgan fingerprint density at radius 3 is 2.56 bits per heavy atom. The van der Waals surface area contributed by atoms with Crippen molar-refractivity contribution >= 4 is 21.7 Å². The van der Waals surface area contributed by atoms with Crippen molar-refractivity contribution in [1.29, 1.82) is 0 Å². The molecule has 4 rings (SSSR count). The van der Waals surface area contributed by atoms with Gasteiger partial charge in [0.1, 0.15) is 5.82 Å². The molecule has 3 aromatic rings. The Balaban J connectivity index is 1.36. The molecule has 34 heavy (non-hydrogen) atoms. The zero-order valence-electron chi connectivity index (χ0n) is 17.7. The smallest absolute Gasteiger partial charge is 0.310 e. The third-order valence-corrected chi connectivity index (χ3v) is 7.18. The molecule has 0 radical (unpaired) electrons. The summed E-state index contributed by atoms with van der Waals surface area (Å²) in [7, 11) is -3.87. The van der Waals surface area contributed by atoms with Gasteiger partial charge in [-0.15, -0.1) is 10.2 Å². The molecule has 1 aromatic heterocycles. The number of benzene rings is 2. The first kappa shape index (κ1) is 23.4. The van der Waals surface area contributed by atoms with Crippen molar-refractivity contribution in [2.45, 2.75) is 24.3 Å². The van der Waals surface area contributed by atoms with Crippen molar-refractivity contribution < 1.29 is 31.7 Å². The fourth-order valence-electron chi connectivity index (χ4n) is 3.51. The highest BCUT2D eigenvalue weighted by Crippen LogP contribution is 2.26. The van der Waals surface area contributed by atoms with Crippen LogP contribution in [-0.2, 0) is 26.2 Å². The van der Waals surface area contributed by atoms with Gasteiger partial charge in [-0.3, -0.25) is 14.9 Å². The fourth-order valence-corrected chi connectivity index (χ4v) is 5.04.